The van der Waals surface area contributed by atoms with E-state index in [2.05, 4.69) is 20.2 Å². The summed E-state index contributed by atoms with van der Waals surface area (Å²) in [5.41, 5.74) is 6.79. The molecule has 2 N–H and O–H groups in total. The minimum Gasteiger partial charge on any atom is -0.289 e. The van der Waals surface area contributed by atoms with Crippen LogP contribution in [-0.4, -0.2) is 32.6 Å². The van der Waals surface area contributed by atoms with Crippen LogP contribution in [0.4, 0.5) is 5.00 Å². The number of nitro groups is 1. The number of aryl methyl sites for hydroxylation is 1. The Bertz CT molecular complexity index is 1340. The highest BCUT2D eigenvalue weighted by atomic mass is 35.5. The van der Waals surface area contributed by atoms with Crippen LogP contribution in [0.1, 0.15) is 16.0 Å². The van der Waals surface area contributed by atoms with Gasteiger partial charge >= 0.3 is 5.00 Å². The van der Waals surface area contributed by atoms with Gasteiger partial charge in [0.2, 0.25) is 5.96 Å². The molecule has 0 aliphatic rings. The Morgan fingerprint density at radius 1 is 1.24 bits per heavy atom. The number of rotatable bonds is 8. The van der Waals surface area contributed by atoms with Gasteiger partial charge in [-0.3, -0.25) is 15.5 Å². The number of halogens is 1. The lowest BCUT2D eigenvalue weighted by atomic mass is 10.2. The number of aliphatic imine (C=N–C) groups is 1. The van der Waals surface area contributed by atoms with E-state index in [0.717, 1.165) is 16.9 Å². The Morgan fingerprint density at radius 3 is 2.62 bits per heavy atom. The number of benzene rings is 2. The third kappa shape index (κ3) is 6.87. The molecule has 0 saturated carbocycles. The van der Waals surface area contributed by atoms with E-state index in [-0.39, 0.29) is 15.9 Å². The molecule has 0 saturated heterocycles. The molecular weight excluding hydrogens is 518 g/mol. The Balaban J connectivity index is 1.94. The summed E-state index contributed by atoms with van der Waals surface area (Å²) in [6, 6.07) is 15.6. The molecule has 0 unspecified atom stereocenters. The fraction of sp³-hybridized carbons (Fsp3) is 0.143. The number of hydrazine groups is 1. The minimum atomic E-state index is -4.18. The zero-order valence-corrected chi connectivity index (χ0v) is 21.3. The lowest BCUT2D eigenvalue weighted by Crippen LogP contribution is -2.33. The van der Waals surface area contributed by atoms with Crippen molar-refractivity contribution < 1.29 is 13.3 Å². The first kappa shape index (κ1) is 25.8. The Morgan fingerprint density at radius 2 is 1.97 bits per heavy atom. The fourth-order valence-electron chi connectivity index (χ4n) is 2.67. The molecule has 0 spiro atoms. The van der Waals surface area contributed by atoms with Crippen LogP contribution in [0.2, 0.25) is 5.02 Å². The van der Waals surface area contributed by atoms with Crippen LogP contribution in [0.15, 0.2) is 73.8 Å². The lowest BCUT2D eigenvalue weighted by molar-refractivity contribution is -0.380. The number of hydrogen-bond donors (Lipinski definition) is 2. The molecule has 0 aliphatic carbocycles. The number of sulfonamides is 1. The summed E-state index contributed by atoms with van der Waals surface area (Å²) < 4.78 is 30.3. The normalized spacial score (nSPS) is 12.3. The van der Waals surface area contributed by atoms with Gasteiger partial charge in [0.15, 0.2) is 0 Å². The molecule has 0 radical (unpaired) electrons. The van der Waals surface area contributed by atoms with E-state index in [0.29, 0.717) is 26.1 Å². The van der Waals surface area contributed by atoms with Crippen molar-refractivity contribution in [2.24, 2.45) is 9.39 Å². The summed E-state index contributed by atoms with van der Waals surface area (Å²) in [5, 5.41) is 11.3. The topological polar surface area (TPSA) is 126 Å². The van der Waals surface area contributed by atoms with Crippen LogP contribution >= 0.6 is 34.7 Å². The SMILES string of the molecule is CNN/C(N=Cc1ccc([N+](=O)[O-])s1)=N\S(=O)(=O)c1cc(C)c(Cl)cc1SCc1ccccc1. The van der Waals surface area contributed by atoms with E-state index in [9.17, 15) is 18.5 Å². The van der Waals surface area contributed by atoms with E-state index in [1.807, 2.05) is 30.3 Å². The Hall–Kier alpha value is -2.77. The van der Waals surface area contributed by atoms with Crippen molar-refractivity contribution >= 4 is 61.9 Å². The van der Waals surface area contributed by atoms with Crippen LogP contribution in [0.5, 0.6) is 0 Å². The van der Waals surface area contributed by atoms with Gasteiger partial charge in [-0.2, -0.15) is 8.42 Å². The van der Waals surface area contributed by atoms with Crippen molar-refractivity contribution in [2.75, 3.05) is 7.05 Å². The van der Waals surface area contributed by atoms with Crippen LogP contribution in [0.25, 0.3) is 0 Å². The minimum absolute atomic E-state index is 0.00713. The van der Waals surface area contributed by atoms with Crippen molar-refractivity contribution in [2.45, 2.75) is 22.5 Å². The average molecular weight is 538 g/mol. The number of nitrogens with zero attached hydrogens (tertiary/aromatic N) is 3. The van der Waals surface area contributed by atoms with E-state index in [4.69, 9.17) is 11.6 Å². The van der Waals surface area contributed by atoms with Gasteiger partial charge in [-0.25, -0.2) is 10.4 Å². The van der Waals surface area contributed by atoms with Crippen molar-refractivity contribution in [1.29, 1.82) is 0 Å². The molecule has 0 amide bonds. The fourth-order valence-corrected chi connectivity index (χ4v) is 6.06. The number of nitrogens with one attached hydrogen (secondary N) is 2. The first-order valence-electron chi connectivity index (χ1n) is 9.72. The third-order valence-corrected chi connectivity index (χ3v) is 8.23. The molecule has 0 atom stereocenters. The van der Waals surface area contributed by atoms with Gasteiger partial charge in [0, 0.05) is 35.0 Å². The van der Waals surface area contributed by atoms with Crippen molar-refractivity contribution in [3.63, 3.8) is 0 Å². The summed E-state index contributed by atoms with van der Waals surface area (Å²) in [7, 11) is -2.65. The highest BCUT2D eigenvalue weighted by molar-refractivity contribution is 7.99. The van der Waals surface area contributed by atoms with Gasteiger partial charge in [0.1, 0.15) is 4.90 Å². The maximum Gasteiger partial charge on any atom is 0.324 e. The zero-order valence-electron chi connectivity index (χ0n) is 18.1. The van der Waals surface area contributed by atoms with Gasteiger partial charge in [0.25, 0.3) is 10.0 Å². The first-order chi connectivity index (χ1) is 16.2. The van der Waals surface area contributed by atoms with Crippen LogP contribution < -0.4 is 10.9 Å². The Labute approximate surface area is 210 Å². The first-order valence-corrected chi connectivity index (χ1v) is 13.3. The summed E-state index contributed by atoms with van der Waals surface area (Å²) in [5.74, 6) is 0.314. The molecule has 9 nitrogen and oxygen atoms in total. The monoisotopic (exact) mass is 537 g/mol. The van der Waals surface area contributed by atoms with E-state index < -0.39 is 14.9 Å². The molecule has 13 heteroatoms. The quantitative estimate of drug-likeness (QED) is 0.139. The summed E-state index contributed by atoms with van der Waals surface area (Å²) in [6.45, 7) is 1.71. The van der Waals surface area contributed by atoms with Gasteiger partial charge in [0.05, 0.1) is 9.80 Å². The predicted octanol–water partition coefficient (Wildman–Crippen LogP) is 4.80. The van der Waals surface area contributed by atoms with E-state index >= 15 is 0 Å². The Kier molecular flexibility index (Phi) is 8.80. The smallest absolute Gasteiger partial charge is 0.289 e. The largest absolute Gasteiger partial charge is 0.324 e. The molecule has 1 aromatic heterocycles. The summed E-state index contributed by atoms with van der Waals surface area (Å²) >= 11 is 8.52. The van der Waals surface area contributed by atoms with Crippen molar-refractivity contribution in [3.8, 4) is 0 Å². The van der Waals surface area contributed by atoms with Crippen molar-refractivity contribution in [3.05, 3.63) is 85.7 Å². The molecule has 1 heterocycles. The molecule has 0 aliphatic heterocycles. The molecule has 3 rings (SSSR count). The second kappa shape index (κ2) is 11.6. The molecule has 34 heavy (non-hydrogen) atoms. The molecular formula is C21H20ClN5O4S3. The second-order valence-corrected chi connectivity index (χ2v) is 10.9. The second-order valence-electron chi connectivity index (χ2n) is 6.78. The van der Waals surface area contributed by atoms with Gasteiger partial charge in [-0.1, -0.05) is 53.3 Å². The standard InChI is InChI=1S/C21H20ClN5O4S3/c1-14-10-19(18(11-17(14)22)32-13-15-6-4-3-5-7-15)34(30,31)26-21(25-23-2)24-12-16-8-9-20(33-16)27(28)29/h3-12,23H,13H2,1-2H3,(H,25,26). The maximum absolute atomic E-state index is 13.2. The lowest BCUT2D eigenvalue weighted by Gasteiger charge is -2.11. The predicted molar refractivity (Wildman–Crippen MR) is 138 cm³/mol. The molecule has 3 aromatic rings. The summed E-state index contributed by atoms with van der Waals surface area (Å²) in [4.78, 5) is 15.3. The highest BCUT2D eigenvalue weighted by Gasteiger charge is 2.21. The van der Waals surface area contributed by atoms with Crippen LogP contribution in [-0.2, 0) is 15.8 Å². The van der Waals surface area contributed by atoms with Crippen molar-refractivity contribution in [1.82, 2.24) is 10.9 Å². The zero-order chi connectivity index (χ0) is 24.7. The molecule has 0 fully saturated rings. The number of thioether (sulfide) groups is 1. The molecule has 2 aromatic carbocycles. The third-order valence-electron chi connectivity index (χ3n) is 4.29. The van der Waals surface area contributed by atoms with Gasteiger partial charge in [-0.05, 0) is 36.2 Å². The number of guanidine groups is 1. The number of hydrogen-bond acceptors (Lipinski definition) is 7. The van der Waals surface area contributed by atoms with E-state index in [1.54, 1.807) is 13.0 Å². The van der Waals surface area contributed by atoms with Gasteiger partial charge in [-0.15, -0.1) is 16.2 Å². The summed E-state index contributed by atoms with van der Waals surface area (Å²) in [6.07, 6.45) is 1.30. The number of thiophene rings is 1. The van der Waals surface area contributed by atoms with Crippen LogP contribution in [0, 0.1) is 17.0 Å². The van der Waals surface area contributed by atoms with Crippen LogP contribution in [0.3, 0.4) is 0 Å². The van der Waals surface area contributed by atoms with Gasteiger partial charge < -0.3 is 0 Å². The highest BCUT2D eigenvalue weighted by Crippen LogP contribution is 2.34. The maximum atomic E-state index is 13.2. The molecule has 178 valence electrons. The molecule has 0 bridgehead atoms. The van der Waals surface area contributed by atoms with E-state index in [1.165, 1.54) is 43.2 Å². The average Bonchev–Trinajstić information content (AvgIpc) is 3.28.